The lowest BCUT2D eigenvalue weighted by molar-refractivity contribution is 0.0697. The Kier molecular flexibility index (Phi) is 6.34. The van der Waals surface area contributed by atoms with Gasteiger partial charge >= 0.3 is 0 Å². The summed E-state index contributed by atoms with van der Waals surface area (Å²) >= 11 is 0. The number of nitrogens with zero attached hydrogens (tertiary/aromatic N) is 1. The van der Waals surface area contributed by atoms with Gasteiger partial charge in [-0.25, -0.2) is 0 Å². The van der Waals surface area contributed by atoms with Crippen molar-refractivity contribution in [1.82, 2.24) is 4.90 Å². The fourth-order valence-electron chi connectivity index (χ4n) is 2.78. The Morgan fingerprint density at radius 1 is 1.30 bits per heavy atom. The molecule has 1 saturated heterocycles. The minimum absolute atomic E-state index is 0.377. The highest BCUT2D eigenvalue weighted by Crippen LogP contribution is 2.20. The van der Waals surface area contributed by atoms with Crippen LogP contribution in [0.5, 0.6) is 5.75 Å². The highest BCUT2D eigenvalue weighted by Gasteiger charge is 2.19. The molecule has 0 spiro atoms. The summed E-state index contributed by atoms with van der Waals surface area (Å²) in [5, 5.41) is 9.93. The zero-order valence-corrected chi connectivity index (χ0v) is 12.6. The van der Waals surface area contributed by atoms with E-state index in [1.54, 1.807) is 6.07 Å². The molecule has 0 saturated carbocycles. The Balaban J connectivity index is 1.92. The molecule has 1 aromatic rings. The highest BCUT2D eigenvalue weighted by molar-refractivity contribution is 5.31. The summed E-state index contributed by atoms with van der Waals surface area (Å²) in [5.74, 6) is 0.403. The number of hydrogen-bond acceptors (Lipinski definition) is 3. The Hall–Kier alpha value is -1.06. The number of ether oxygens (including phenoxy) is 1. The topological polar surface area (TPSA) is 32.7 Å². The molecule has 1 aliphatic rings. The van der Waals surface area contributed by atoms with E-state index in [4.69, 9.17) is 4.74 Å². The summed E-state index contributed by atoms with van der Waals surface area (Å²) in [4.78, 5) is 2.43. The summed E-state index contributed by atoms with van der Waals surface area (Å²) in [7, 11) is 0. The highest BCUT2D eigenvalue weighted by atomic mass is 16.5. The summed E-state index contributed by atoms with van der Waals surface area (Å²) in [6.07, 6.45) is 6.46. The van der Waals surface area contributed by atoms with Crippen molar-refractivity contribution in [1.29, 1.82) is 0 Å². The maximum atomic E-state index is 9.93. The maximum absolute atomic E-state index is 9.93. The molecule has 112 valence electrons. The molecule has 1 aliphatic heterocycles. The third-order valence-corrected chi connectivity index (χ3v) is 3.95. The molecule has 2 rings (SSSR count). The first-order valence-electron chi connectivity index (χ1n) is 7.90. The van der Waals surface area contributed by atoms with E-state index in [2.05, 4.69) is 11.8 Å². The van der Waals surface area contributed by atoms with E-state index in [-0.39, 0.29) is 0 Å². The third-order valence-electron chi connectivity index (χ3n) is 3.95. The second-order valence-electron chi connectivity index (χ2n) is 5.71. The molecule has 0 radical (unpaired) electrons. The van der Waals surface area contributed by atoms with Crippen LogP contribution in [-0.2, 0) is 11.3 Å². The molecule has 20 heavy (non-hydrogen) atoms. The number of hydrogen-bond donors (Lipinski definition) is 1. The zero-order chi connectivity index (χ0) is 14.2. The number of benzene rings is 1. The van der Waals surface area contributed by atoms with Crippen LogP contribution in [0.4, 0.5) is 0 Å². The van der Waals surface area contributed by atoms with Crippen molar-refractivity contribution in [3.05, 3.63) is 29.8 Å². The van der Waals surface area contributed by atoms with Crippen LogP contribution >= 0.6 is 0 Å². The molecule has 1 N–H and O–H groups in total. The van der Waals surface area contributed by atoms with E-state index in [1.807, 2.05) is 18.2 Å². The van der Waals surface area contributed by atoms with Gasteiger partial charge in [-0.3, -0.25) is 4.90 Å². The van der Waals surface area contributed by atoms with Gasteiger partial charge in [0, 0.05) is 25.3 Å². The number of unbranched alkanes of at least 4 members (excludes halogenated alkanes) is 2. The molecule has 1 heterocycles. The maximum Gasteiger partial charge on any atom is 0.120 e. The number of rotatable bonds is 8. The van der Waals surface area contributed by atoms with Crippen LogP contribution in [0.3, 0.4) is 0 Å². The lowest BCUT2D eigenvalue weighted by atomic mass is 10.1. The van der Waals surface area contributed by atoms with Crippen LogP contribution in [-0.4, -0.2) is 35.8 Å². The number of para-hydroxylation sites is 1. The SMILES string of the molecule is CCCCCN(Cc1ccccc1O)CC1CCCO1. The van der Waals surface area contributed by atoms with Crippen molar-refractivity contribution in [2.45, 2.75) is 51.7 Å². The van der Waals surface area contributed by atoms with E-state index in [0.29, 0.717) is 11.9 Å². The second-order valence-corrected chi connectivity index (χ2v) is 5.71. The Bertz CT molecular complexity index is 388. The van der Waals surface area contributed by atoms with E-state index in [1.165, 1.54) is 32.1 Å². The third kappa shape index (κ3) is 4.80. The van der Waals surface area contributed by atoms with Gasteiger partial charge in [-0.15, -0.1) is 0 Å². The van der Waals surface area contributed by atoms with Crippen molar-refractivity contribution in [3.63, 3.8) is 0 Å². The van der Waals surface area contributed by atoms with Crippen molar-refractivity contribution in [3.8, 4) is 5.75 Å². The summed E-state index contributed by atoms with van der Waals surface area (Å²) < 4.78 is 5.75. The van der Waals surface area contributed by atoms with Crippen molar-refractivity contribution < 1.29 is 9.84 Å². The zero-order valence-electron chi connectivity index (χ0n) is 12.6. The van der Waals surface area contributed by atoms with Crippen LogP contribution in [0.15, 0.2) is 24.3 Å². The predicted molar refractivity (Wildman–Crippen MR) is 81.9 cm³/mol. The number of phenols is 1. The molecule has 1 aromatic carbocycles. The Morgan fingerprint density at radius 3 is 2.85 bits per heavy atom. The van der Waals surface area contributed by atoms with E-state index in [0.717, 1.165) is 31.8 Å². The van der Waals surface area contributed by atoms with Gasteiger partial charge in [0.25, 0.3) is 0 Å². The number of phenolic OH excluding ortho intramolecular Hbond substituents is 1. The first-order valence-corrected chi connectivity index (χ1v) is 7.90. The van der Waals surface area contributed by atoms with Crippen molar-refractivity contribution >= 4 is 0 Å². The Labute approximate surface area is 122 Å². The monoisotopic (exact) mass is 277 g/mol. The van der Waals surface area contributed by atoms with Crippen molar-refractivity contribution in [2.75, 3.05) is 19.7 Å². The molecule has 0 aliphatic carbocycles. The standard InChI is InChI=1S/C17H27NO2/c1-2-3-6-11-18(14-16-9-7-12-20-16)13-15-8-4-5-10-17(15)19/h4-5,8,10,16,19H,2-3,6-7,9,11-14H2,1H3. The molecular formula is C17H27NO2. The van der Waals surface area contributed by atoms with Crippen LogP contribution in [0, 0.1) is 0 Å². The summed E-state index contributed by atoms with van der Waals surface area (Å²) in [5.41, 5.74) is 1.02. The fourth-order valence-corrected chi connectivity index (χ4v) is 2.78. The van der Waals surface area contributed by atoms with Gasteiger partial charge in [-0.05, 0) is 31.9 Å². The Morgan fingerprint density at radius 2 is 2.15 bits per heavy atom. The first kappa shape index (κ1) is 15.3. The average Bonchev–Trinajstić information content (AvgIpc) is 2.94. The minimum Gasteiger partial charge on any atom is -0.508 e. The van der Waals surface area contributed by atoms with Crippen LogP contribution < -0.4 is 0 Å². The van der Waals surface area contributed by atoms with E-state index in [9.17, 15) is 5.11 Å². The molecule has 1 unspecified atom stereocenters. The van der Waals surface area contributed by atoms with Crippen LogP contribution in [0.1, 0.15) is 44.6 Å². The minimum atomic E-state index is 0.377. The van der Waals surface area contributed by atoms with Gasteiger partial charge in [0.05, 0.1) is 6.10 Å². The molecule has 1 atom stereocenters. The fraction of sp³-hybridized carbons (Fsp3) is 0.647. The smallest absolute Gasteiger partial charge is 0.120 e. The largest absolute Gasteiger partial charge is 0.508 e. The summed E-state index contributed by atoms with van der Waals surface area (Å²) in [6.45, 7) is 6.02. The first-order chi connectivity index (χ1) is 9.79. The second kappa shape index (κ2) is 8.28. The van der Waals surface area contributed by atoms with E-state index >= 15 is 0 Å². The molecule has 3 heteroatoms. The van der Waals surface area contributed by atoms with Crippen LogP contribution in [0.2, 0.25) is 0 Å². The molecule has 0 amide bonds. The molecule has 1 fully saturated rings. The lowest BCUT2D eigenvalue weighted by Crippen LogP contribution is -2.32. The molecule has 0 bridgehead atoms. The quantitative estimate of drug-likeness (QED) is 0.737. The molecule has 3 nitrogen and oxygen atoms in total. The van der Waals surface area contributed by atoms with Gasteiger partial charge in [-0.1, -0.05) is 38.0 Å². The van der Waals surface area contributed by atoms with Gasteiger partial charge in [0.1, 0.15) is 5.75 Å². The van der Waals surface area contributed by atoms with Gasteiger partial charge < -0.3 is 9.84 Å². The van der Waals surface area contributed by atoms with Gasteiger partial charge in [0.2, 0.25) is 0 Å². The summed E-state index contributed by atoms with van der Waals surface area (Å²) in [6, 6.07) is 7.65. The lowest BCUT2D eigenvalue weighted by Gasteiger charge is -2.25. The van der Waals surface area contributed by atoms with E-state index < -0.39 is 0 Å². The number of aromatic hydroxyl groups is 1. The normalized spacial score (nSPS) is 18.8. The van der Waals surface area contributed by atoms with Gasteiger partial charge in [-0.2, -0.15) is 0 Å². The van der Waals surface area contributed by atoms with Crippen LogP contribution in [0.25, 0.3) is 0 Å². The predicted octanol–water partition coefficient (Wildman–Crippen LogP) is 3.56. The molecular weight excluding hydrogens is 250 g/mol. The van der Waals surface area contributed by atoms with Gasteiger partial charge in [0.15, 0.2) is 0 Å². The molecule has 0 aromatic heterocycles. The van der Waals surface area contributed by atoms with Crippen molar-refractivity contribution in [2.24, 2.45) is 0 Å². The average molecular weight is 277 g/mol.